The van der Waals surface area contributed by atoms with Gasteiger partial charge in [-0.15, -0.1) is 0 Å². The van der Waals surface area contributed by atoms with Crippen molar-refractivity contribution in [1.29, 1.82) is 0 Å². The van der Waals surface area contributed by atoms with Crippen molar-refractivity contribution < 1.29 is 0 Å². The number of nitrogens with zero attached hydrogens (tertiary/aromatic N) is 1. The molecule has 2 aliphatic rings. The molecule has 1 aliphatic carbocycles. The van der Waals surface area contributed by atoms with Gasteiger partial charge in [0, 0.05) is 6.54 Å². The smallest absolute Gasteiger partial charge is 0.00122 e. The standard InChI is InChI=1S/C10H19N/c1-8(2)10-4-5-11(3)7-9(10)6-10/h8-9H,4-7H2,1-3H3. The first kappa shape index (κ1) is 7.60. The van der Waals surface area contributed by atoms with Crippen LogP contribution in [0.4, 0.5) is 0 Å². The van der Waals surface area contributed by atoms with Gasteiger partial charge in [-0.25, -0.2) is 0 Å². The molecule has 2 fully saturated rings. The van der Waals surface area contributed by atoms with Gasteiger partial charge in [0.25, 0.3) is 0 Å². The van der Waals surface area contributed by atoms with Gasteiger partial charge >= 0.3 is 0 Å². The fourth-order valence-corrected chi connectivity index (χ4v) is 2.81. The van der Waals surface area contributed by atoms with Crippen LogP contribution in [0.15, 0.2) is 0 Å². The molecule has 1 aliphatic heterocycles. The molecule has 0 N–H and O–H groups in total. The lowest BCUT2D eigenvalue weighted by Crippen LogP contribution is -2.33. The van der Waals surface area contributed by atoms with Crippen molar-refractivity contribution in [2.24, 2.45) is 17.3 Å². The van der Waals surface area contributed by atoms with E-state index in [9.17, 15) is 0 Å². The van der Waals surface area contributed by atoms with E-state index >= 15 is 0 Å². The largest absolute Gasteiger partial charge is 0.306 e. The van der Waals surface area contributed by atoms with Crippen LogP contribution in [0.2, 0.25) is 0 Å². The minimum Gasteiger partial charge on any atom is -0.306 e. The summed E-state index contributed by atoms with van der Waals surface area (Å²) < 4.78 is 0. The zero-order valence-corrected chi connectivity index (χ0v) is 7.93. The molecule has 2 rings (SSSR count). The number of piperidine rings is 1. The molecule has 11 heavy (non-hydrogen) atoms. The van der Waals surface area contributed by atoms with E-state index < -0.39 is 0 Å². The van der Waals surface area contributed by atoms with E-state index in [1.54, 1.807) is 0 Å². The average molecular weight is 153 g/mol. The molecule has 0 aromatic rings. The summed E-state index contributed by atoms with van der Waals surface area (Å²) in [5, 5.41) is 0. The minimum atomic E-state index is 0.784. The third kappa shape index (κ3) is 1.01. The predicted molar refractivity (Wildman–Crippen MR) is 47.5 cm³/mol. The van der Waals surface area contributed by atoms with E-state index in [-0.39, 0.29) is 0 Å². The normalized spacial score (nSPS) is 44.2. The molecule has 64 valence electrons. The Labute approximate surface area is 69.8 Å². The maximum Gasteiger partial charge on any atom is 0.00122 e. The monoisotopic (exact) mass is 153 g/mol. The highest BCUT2D eigenvalue weighted by Gasteiger charge is 2.57. The molecule has 0 radical (unpaired) electrons. The topological polar surface area (TPSA) is 3.24 Å². The second-order valence-corrected chi connectivity index (χ2v) is 4.80. The number of rotatable bonds is 1. The lowest BCUT2D eigenvalue weighted by molar-refractivity contribution is 0.172. The highest BCUT2D eigenvalue weighted by Crippen LogP contribution is 2.62. The Morgan fingerprint density at radius 3 is 2.73 bits per heavy atom. The maximum atomic E-state index is 2.48. The molecule has 0 spiro atoms. The molecule has 1 saturated carbocycles. The van der Waals surface area contributed by atoms with Crippen molar-refractivity contribution in [3.8, 4) is 0 Å². The van der Waals surface area contributed by atoms with Crippen LogP contribution in [-0.2, 0) is 0 Å². The van der Waals surface area contributed by atoms with Gasteiger partial charge < -0.3 is 4.90 Å². The average Bonchev–Trinajstić information content (AvgIpc) is 2.62. The van der Waals surface area contributed by atoms with E-state index in [0.717, 1.165) is 17.3 Å². The molecule has 1 nitrogen and oxygen atoms in total. The van der Waals surface area contributed by atoms with Crippen LogP contribution < -0.4 is 0 Å². The summed E-state index contributed by atoms with van der Waals surface area (Å²) in [5.74, 6) is 1.96. The summed E-state index contributed by atoms with van der Waals surface area (Å²) in [6.07, 6.45) is 2.96. The van der Waals surface area contributed by atoms with E-state index in [4.69, 9.17) is 0 Å². The Balaban J connectivity index is 2.02. The minimum absolute atomic E-state index is 0.784. The van der Waals surface area contributed by atoms with Crippen LogP contribution >= 0.6 is 0 Å². The number of fused-ring (bicyclic) bond motifs is 1. The van der Waals surface area contributed by atoms with Crippen molar-refractivity contribution in [1.82, 2.24) is 4.90 Å². The van der Waals surface area contributed by atoms with Gasteiger partial charge in [-0.2, -0.15) is 0 Å². The fourth-order valence-electron chi connectivity index (χ4n) is 2.81. The van der Waals surface area contributed by atoms with Gasteiger partial charge in [0.05, 0.1) is 0 Å². The lowest BCUT2D eigenvalue weighted by atomic mass is 9.84. The quantitative estimate of drug-likeness (QED) is 0.557. The summed E-state index contributed by atoms with van der Waals surface area (Å²) in [6, 6.07) is 0. The first-order valence-corrected chi connectivity index (χ1v) is 4.84. The van der Waals surface area contributed by atoms with Crippen LogP contribution in [0.5, 0.6) is 0 Å². The van der Waals surface area contributed by atoms with Crippen LogP contribution in [0.1, 0.15) is 26.7 Å². The SMILES string of the molecule is CC(C)C12CCN(C)CC1C2. The van der Waals surface area contributed by atoms with E-state index in [1.807, 2.05) is 0 Å². The van der Waals surface area contributed by atoms with Crippen molar-refractivity contribution in [2.45, 2.75) is 26.7 Å². The molecule has 0 amide bonds. The maximum absolute atomic E-state index is 2.48. The van der Waals surface area contributed by atoms with Gasteiger partial charge in [0.15, 0.2) is 0 Å². The molecule has 0 aromatic heterocycles. The van der Waals surface area contributed by atoms with Gasteiger partial charge in [0.2, 0.25) is 0 Å². The van der Waals surface area contributed by atoms with Crippen LogP contribution in [0.3, 0.4) is 0 Å². The zero-order valence-electron chi connectivity index (χ0n) is 7.93. The van der Waals surface area contributed by atoms with Gasteiger partial charge in [-0.05, 0) is 43.7 Å². The van der Waals surface area contributed by atoms with Crippen molar-refractivity contribution in [3.63, 3.8) is 0 Å². The molecule has 1 heteroatoms. The summed E-state index contributed by atoms with van der Waals surface area (Å²) in [5.41, 5.74) is 0.784. The second kappa shape index (κ2) is 2.22. The molecule has 2 atom stereocenters. The summed E-state index contributed by atoms with van der Waals surface area (Å²) >= 11 is 0. The Morgan fingerprint density at radius 1 is 1.45 bits per heavy atom. The highest BCUT2D eigenvalue weighted by molar-refractivity contribution is 5.07. The Morgan fingerprint density at radius 2 is 2.18 bits per heavy atom. The molecule has 1 heterocycles. The zero-order chi connectivity index (χ0) is 8.06. The summed E-state index contributed by atoms with van der Waals surface area (Å²) in [7, 11) is 2.25. The third-order valence-corrected chi connectivity index (χ3v) is 3.92. The Bertz CT molecular complexity index is 164. The molecular weight excluding hydrogens is 134 g/mol. The van der Waals surface area contributed by atoms with Crippen molar-refractivity contribution in [2.75, 3.05) is 20.1 Å². The lowest BCUT2D eigenvalue weighted by Gasteiger charge is -2.31. The second-order valence-electron chi connectivity index (χ2n) is 4.80. The first-order chi connectivity index (χ1) is 5.15. The number of likely N-dealkylation sites (tertiary alicyclic amines) is 1. The summed E-state index contributed by atoms with van der Waals surface area (Å²) in [4.78, 5) is 2.48. The van der Waals surface area contributed by atoms with Gasteiger partial charge in [0.1, 0.15) is 0 Å². The molecule has 2 unspecified atom stereocenters. The van der Waals surface area contributed by atoms with Crippen molar-refractivity contribution in [3.05, 3.63) is 0 Å². The summed E-state index contributed by atoms with van der Waals surface area (Å²) in [6.45, 7) is 7.48. The van der Waals surface area contributed by atoms with Crippen molar-refractivity contribution >= 4 is 0 Å². The Hall–Kier alpha value is -0.0400. The Kier molecular flexibility index (Phi) is 1.54. The predicted octanol–water partition coefficient (Wildman–Crippen LogP) is 1.98. The molecule has 0 bridgehead atoms. The first-order valence-electron chi connectivity index (χ1n) is 4.84. The van der Waals surface area contributed by atoms with Crippen LogP contribution in [0.25, 0.3) is 0 Å². The van der Waals surface area contributed by atoms with Crippen LogP contribution in [0, 0.1) is 17.3 Å². The molecular formula is C10H19N. The highest BCUT2D eigenvalue weighted by atomic mass is 15.1. The van der Waals surface area contributed by atoms with E-state index in [1.165, 1.54) is 25.9 Å². The van der Waals surface area contributed by atoms with Gasteiger partial charge in [-0.3, -0.25) is 0 Å². The number of hydrogen-bond acceptors (Lipinski definition) is 1. The van der Waals surface area contributed by atoms with E-state index in [2.05, 4.69) is 25.8 Å². The molecule has 1 saturated heterocycles. The molecule has 0 aromatic carbocycles. The number of hydrogen-bond donors (Lipinski definition) is 0. The van der Waals surface area contributed by atoms with E-state index in [0.29, 0.717) is 0 Å². The third-order valence-electron chi connectivity index (χ3n) is 3.92. The van der Waals surface area contributed by atoms with Crippen LogP contribution in [-0.4, -0.2) is 25.0 Å². The fraction of sp³-hybridized carbons (Fsp3) is 1.00. The van der Waals surface area contributed by atoms with Gasteiger partial charge in [-0.1, -0.05) is 13.8 Å².